The van der Waals surface area contributed by atoms with Crippen LogP contribution in [0.25, 0.3) is 5.57 Å². The summed E-state index contributed by atoms with van der Waals surface area (Å²) in [5.74, 6) is 3.30. The van der Waals surface area contributed by atoms with Crippen LogP contribution in [0.2, 0.25) is 0 Å². The molecular formula is C23H38ClFN2O5. The number of halogens is 2. The Morgan fingerprint density at radius 1 is 1.00 bits per heavy atom. The molecule has 0 spiro atoms. The van der Waals surface area contributed by atoms with Gasteiger partial charge in [0.05, 0.1) is 12.2 Å². The Kier molecular flexibility index (Phi) is 16.2. The molecule has 0 heterocycles. The first kappa shape index (κ1) is 30.5. The van der Waals surface area contributed by atoms with Gasteiger partial charge in [0.2, 0.25) is 0 Å². The van der Waals surface area contributed by atoms with Crippen LogP contribution in [0.1, 0.15) is 63.9 Å². The lowest BCUT2D eigenvalue weighted by atomic mass is 10.1. The topological polar surface area (TPSA) is 108 Å². The fraction of sp³-hybridized carbons (Fsp3) is 0.652. The van der Waals surface area contributed by atoms with Gasteiger partial charge < -0.3 is 9.64 Å². The summed E-state index contributed by atoms with van der Waals surface area (Å²) in [5.41, 5.74) is 1.80. The van der Waals surface area contributed by atoms with Gasteiger partial charge in [-0.1, -0.05) is 51.9 Å². The maximum atomic E-state index is 14.4. The molecule has 32 heavy (non-hydrogen) atoms. The molecule has 0 N–H and O–H groups in total. The Morgan fingerprint density at radius 3 is 2.00 bits per heavy atom. The quantitative estimate of drug-likeness (QED) is 0.233. The van der Waals surface area contributed by atoms with Crippen LogP contribution in [-0.2, 0) is 0 Å². The Balaban J connectivity index is 0.00000172. The Morgan fingerprint density at radius 2 is 1.53 bits per heavy atom. The van der Waals surface area contributed by atoms with E-state index >= 15 is 0 Å². The van der Waals surface area contributed by atoms with E-state index in [2.05, 4.69) is 17.7 Å². The molecule has 0 saturated heterocycles. The van der Waals surface area contributed by atoms with Crippen LogP contribution in [0.15, 0.2) is 18.2 Å². The first-order chi connectivity index (χ1) is 14.9. The van der Waals surface area contributed by atoms with E-state index in [1.807, 2.05) is 38.8 Å². The Hall–Kier alpha value is -1.51. The normalized spacial score (nSPS) is 11.0. The summed E-state index contributed by atoms with van der Waals surface area (Å²) in [6.45, 7) is 3.52. The monoisotopic (exact) mass is 476 g/mol. The van der Waals surface area contributed by atoms with Gasteiger partial charge in [-0.2, -0.15) is 4.58 Å². The molecule has 9 heteroatoms. The van der Waals surface area contributed by atoms with Crippen molar-refractivity contribution in [2.24, 2.45) is 0 Å². The van der Waals surface area contributed by atoms with E-state index in [1.165, 1.54) is 38.5 Å². The summed E-state index contributed by atoms with van der Waals surface area (Å²) in [6, 6.07) is 5.21. The molecule has 0 aromatic heterocycles. The number of hydrogen-bond donors (Lipinski definition) is 0. The van der Waals surface area contributed by atoms with Gasteiger partial charge >= 0.3 is 0 Å². The number of hydrogen-bond acceptors (Lipinski definition) is 6. The molecule has 184 valence electrons. The van der Waals surface area contributed by atoms with Crippen molar-refractivity contribution in [1.29, 1.82) is 0 Å². The van der Waals surface area contributed by atoms with Crippen molar-refractivity contribution in [2.75, 3.05) is 41.3 Å². The van der Waals surface area contributed by atoms with Gasteiger partial charge in [-0.05, 0) is 44.3 Å². The average Bonchev–Trinajstić information content (AvgIpc) is 2.65. The number of unbranched alkanes of at least 4 members (excludes halogenated alkanes) is 7. The molecule has 0 aliphatic heterocycles. The molecule has 0 atom stereocenters. The lowest BCUT2D eigenvalue weighted by Gasteiger charge is -2.17. The van der Waals surface area contributed by atoms with E-state index in [0.717, 1.165) is 24.0 Å². The maximum Gasteiger partial charge on any atom is 0.172 e. The molecule has 7 nitrogen and oxygen atoms in total. The number of likely N-dealkylation sites (N-methyl/N-ethyl adjacent to an activating group) is 1. The van der Waals surface area contributed by atoms with Crippen LogP contribution in [0, 0.1) is 16.1 Å². The maximum absolute atomic E-state index is 14.4. The second-order valence-electron chi connectivity index (χ2n) is 8.07. The van der Waals surface area contributed by atoms with Crippen LogP contribution in [0.4, 0.5) is 4.39 Å². The molecule has 0 bridgehead atoms. The molecule has 1 aromatic rings. The molecular weight excluding hydrogens is 439 g/mol. The number of ether oxygens (including phenoxy) is 1. The third-order valence-electron chi connectivity index (χ3n) is 4.37. The largest absolute Gasteiger partial charge is 0.491 e. The smallest absolute Gasteiger partial charge is 0.172 e. The van der Waals surface area contributed by atoms with Crippen LogP contribution < -0.4 is 23.4 Å². The van der Waals surface area contributed by atoms with E-state index in [4.69, 9.17) is 23.4 Å². The van der Waals surface area contributed by atoms with Gasteiger partial charge in [-0.25, -0.2) is 23.0 Å². The third kappa shape index (κ3) is 18.1. The molecule has 1 aromatic carbocycles. The molecule has 0 amide bonds. The van der Waals surface area contributed by atoms with Gasteiger partial charge in [0, 0.05) is 6.54 Å². The van der Waals surface area contributed by atoms with Gasteiger partial charge in [0.25, 0.3) is 0 Å². The Labute approximate surface area is 194 Å². The zero-order chi connectivity index (χ0) is 24.6. The SMILES string of the molecule is CCCCCCCCCCOc1ccc(C(=C=[N+](C)C)CN(C)C)cc1F.[O-][Cl+3]([O-])([O-])[O-]. The van der Waals surface area contributed by atoms with E-state index in [0.29, 0.717) is 18.9 Å². The predicted octanol–water partition coefficient (Wildman–Crippen LogP) is 0.476. The van der Waals surface area contributed by atoms with Crippen molar-refractivity contribution < 1.29 is 42.6 Å². The number of benzene rings is 1. The van der Waals surface area contributed by atoms with Crippen LogP contribution in [0.3, 0.4) is 0 Å². The average molecular weight is 477 g/mol. The van der Waals surface area contributed by atoms with Crippen LogP contribution >= 0.6 is 0 Å². The van der Waals surface area contributed by atoms with Gasteiger partial charge in [0.15, 0.2) is 17.4 Å². The fourth-order valence-corrected chi connectivity index (χ4v) is 3.00. The van der Waals surface area contributed by atoms with E-state index in [9.17, 15) is 4.39 Å². The minimum absolute atomic E-state index is 0.302. The van der Waals surface area contributed by atoms with E-state index in [1.54, 1.807) is 12.1 Å². The molecule has 0 radical (unpaired) electrons. The Bertz CT molecular complexity index is 707. The van der Waals surface area contributed by atoms with Crippen LogP contribution in [0.5, 0.6) is 5.75 Å². The standard InChI is InChI=1S/C23H38FN2O.ClHO4/c1-6-7-8-9-10-11-12-13-16-27-23-15-14-20(17-22(23)24)21(18-25(2)3)19-26(4)5;2-1(3,4)5/h14-15,17H,6-13,16,18H2,1-5H3;(H,2,3,4,5)/q+1;/p-1. The second kappa shape index (κ2) is 17.0. The summed E-state index contributed by atoms with van der Waals surface area (Å²) in [7, 11) is 2.89. The van der Waals surface area contributed by atoms with E-state index < -0.39 is 10.2 Å². The van der Waals surface area contributed by atoms with Crippen molar-refractivity contribution in [1.82, 2.24) is 4.90 Å². The minimum atomic E-state index is -4.94. The number of nitrogens with zero attached hydrogens (tertiary/aromatic N) is 2. The van der Waals surface area contributed by atoms with Crippen LogP contribution in [-0.4, -0.2) is 56.7 Å². The predicted molar refractivity (Wildman–Crippen MR) is 114 cm³/mol. The summed E-state index contributed by atoms with van der Waals surface area (Å²) in [4.78, 5) is 2.05. The summed E-state index contributed by atoms with van der Waals surface area (Å²) < 4.78 is 55.9. The highest BCUT2D eigenvalue weighted by Gasteiger charge is 2.11. The van der Waals surface area contributed by atoms with Crippen molar-refractivity contribution in [3.63, 3.8) is 0 Å². The fourth-order valence-electron chi connectivity index (χ4n) is 3.00. The molecule has 0 aliphatic rings. The summed E-state index contributed by atoms with van der Waals surface area (Å²) >= 11 is 0. The van der Waals surface area contributed by atoms with Crippen molar-refractivity contribution in [3.05, 3.63) is 29.6 Å². The van der Waals surface area contributed by atoms with Gasteiger partial charge in [-0.15, -0.1) is 10.2 Å². The summed E-state index contributed by atoms with van der Waals surface area (Å²) in [6.07, 6.45) is 9.99. The van der Waals surface area contributed by atoms with Gasteiger partial charge in [-0.3, -0.25) is 0 Å². The second-order valence-corrected chi connectivity index (χ2v) is 8.82. The molecule has 0 unspecified atom stereocenters. The first-order valence-corrected chi connectivity index (χ1v) is 12.2. The summed E-state index contributed by atoms with van der Waals surface area (Å²) in [5, 5.41) is 0. The minimum Gasteiger partial charge on any atom is -0.491 e. The highest BCUT2D eigenvalue weighted by atomic mass is 35.7. The zero-order valence-electron chi connectivity index (χ0n) is 20.0. The highest BCUT2D eigenvalue weighted by molar-refractivity contribution is 5.88. The number of rotatable bonds is 13. The lowest BCUT2D eigenvalue weighted by Crippen LogP contribution is -2.68. The van der Waals surface area contributed by atoms with Gasteiger partial charge in [0.1, 0.15) is 14.1 Å². The molecule has 1 rings (SSSR count). The third-order valence-corrected chi connectivity index (χ3v) is 4.37. The lowest BCUT2D eigenvalue weighted by molar-refractivity contribution is -2.00. The first-order valence-electron chi connectivity index (χ1n) is 10.9. The molecule has 0 saturated carbocycles. The molecule has 0 aliphatic carbocycles. The van der Waals surface area contributed by atoms with Crippen molar-refractivity contribution >= 4 is 11.4 Å². The van der Waals surface area contributed by atoms with Crippen molar-refractivity contribution in [3.8, 4) is 5.75 Å². The molecule has 0 fully saturated rings. The van der Waals surface area contributed by atoms with Crippen molar-refractivity contribution in [2.45, 2.75) is 58.3 Å². The van der Waals surface area contributed by atoms with E-state index in [-0.39, 0.29) is 5.82 Å². The highest BCUT2D eigenvalue weighted by Crippen LogP contribution is 2.22. The zero-order valence-corrected chi connectivity index (χ0v) is 20.8.